The maximum Gasteiger partial charge on any atom is 0.271 e. The highest BCUT2D eigenvalue weighted by Gasteiger charge is 2.12. The number of non-ortho nitro benzene ring substituents is 1. The first-order valence-electron chi connectivity index (χ1n) is 6.97. The quantitative estimate of drug-likeness (QED) is 0.476. The number of carbonyl (C=O) groups excluding carboxylic acids is 1. The average Bonchev–Trinajstić information content (AvgIpc) is 2.51. The Labute approximate surface area is 137 Å². The van der Waals surface area contributed by atoms with E-state index in [2.05, 4.69) is 5.32 Å². The number of phenols is 1. The molecule has 7 heteroatoms. The first-order valence-corrected chi connectivity index (χ1v) is 7.35. The lowest BCUT2D eigenvalue weighted by molar-refractivity contribution is -0.384. The molecule has 0 saturated heterocycles. The van der Waals surface area contributed by atoms with Crippen LogP contribution in [0.1, 0.15) is 18.4 Å². The number of nitro groups is 1. The van der Waals surface area contributed by atoms with Gasteiger partial charge in [-0.3, -0.25) is 14.9 Å². The van der Waals surface area contributed by atoms with Crippen molar-refractivity contribution in [3.63, 3.8) is 0 Å². The van der Waals surface area contributed by atoms with Crippen molar-refractivity contribution in [2.75, 3.05) is 5.32 Å². The topological polar surface area (TPSA) is 92.5 Å². The molecule has 0 fully saturated rings. The Balaban J connectivity index is 1.88. The minimum Gasteiger partial charge on any atom is -0.506 e. The second kappa shape index (κ2) is 7.60. The van der Waals surface area contributed by atoms with Gasteiger partial charge in [-0.1, -0.05) is 23.7 Å². The van der Waals surface area contributed by atoms with Crippen LogP contribution < -0.4 is 5.32 Å². The SMILES string of the molecule is O=C(CCCc1ccc(Cl)cc1)Nc1cc([N+](=O)[O-])ccc1O. The summed E-state index contributed by atoms with van der Waals surface area (Å²) in [5, 5.41) is 23.5. The molecule has 0 saturated carbocycles. The number of anilines is 1. The van der Waals surface area contributed by atoms with Gasteiger partial charge in [0.15, 0.2) is 0 Å². The van der Waals surface area contributed by atoms with Crippen LogP contribution in [-0.4, -0.2) is 15.9 Å². The highest BCUT2D eigenvalue weighted by Crippen LogP contribution is 2.28. The molecule has 2 aromatic rings. The molecule has 0 aliphatic heterocycles. The van der Waals surface area contributed by atoms with Gasteiger partial charge in [0.2, 0.25) is 5.91 Å². The van der Waals surface area contributed by atoms with Gasteiger partial charge in [-0.05, 0) is 36.6 Å². The maximum atomic E-state index is 11.9. The lowest BCUT2D eigenvalue weighted by Crippen LogP contribution is -2.11. The Kier molecular flexibility index (Phi) is 5.54. The smallest absolute Gasteiger partial charge is 0.271 e. The normalized spacial score (nSPS) is 10.3. The Morgan fingerprint density at radius 1 is 1.22 bits per heavy atom. The van der Waals surface area contributed by atoms with Crippen LogP contribution in [0.15, 0.2) is 42.5 Å². The first-order chi connectivity index (χ1) is 11.0. The first kappa shape index (κ1) is 16.8. The minimum atomic E-state index is -0.588. The zero-order valence-electron chi connectivity index (χ0n) is 12.2. The van der Waals surface area contributed by atoms with Crippen molar-refractivity contribution in [2.45, 2.75) is 19.3 Å². The molecule has 0 aliphatic carbocycles. The highest BCUT2D eigenvalue weighted by atomic mass is 35.5. The van der Waals surface area contributed by atoms with Crippen LogP contribution in [0.3, 0.4) is 0 Å². The van der Waals surface area contributed by atoms with E-state index in [1.165, 1.54) is 12.1 Å². The van der Waals surface area contributed by atoms with Crippen molar-refractivity contribution in [3.05, 3.63) is 63.2 Å². The summed E-state index contributed by atoms with van der Waals surface area (Å²) in [6.07, 6.45) is 1.57. The van der Waals surface area contributed by atoms with Crippen LogP contribution >= 0.6 is 11.6 Å². The molecule has 1 amide bonds. The third kappa shape index (κ3) is 4.96. The van der Waals surface area contributed by atoms with Crippen LogP contribution in [0.25, 0.3) is 0 Å². The Bertz CT molecular complexity index is 717. The number of aromatic hydroxyl groups is 1. The van der Waals surface area contributed by atoms with Crippen LogP contribution in [-0.2, 0) is 11.2 Å². The number of aryl methyl sites for hydroxylation is 1. The number of hydrogen-bond donors (Lipinski definition) is 2. The monoisotopic (exact) mass is 334 g/mol. The summed E-state index contributed by atoms with van der Waals surface area (Å²) in [5.74, 6) is -0.517. The summed E-state index contributed by atoms with van der Waals surface area (Å²) in [7, 11) is 0. The number of nitrogens with zero attached hydrogens (tertiary/aromatic N) is 1. The molecule has 2 aromatic carbocycles. The number of benzene rings is 2. The van der Waals surface area contributed by atoms with Gasteiger partial charge in [-0.15, -0.1) is 0 Å². The lowest BCUT2D eigenvalue weighted by Gasteiger charge is -2.07. The number of carbonyl (C=O) groups is 1. The molecular weight excluding hydrogens is 320 g/mol. The van der Waals surface area contributed by atoms with Gasteiger partial charge in [0.1, 0.15) is 5.75 Å². The summed E-state index contributed by atoms with van der Waals surface area (Å²) in [5.41, 5.74) is 0.912. The van der Waals surface area contributed by atoms with E-state index < -0.39 is 4.92 Å². The summed E-state index contributed by atoms with van der Waals surface area (Å²) in [6.45, 7) is 0. The van der Waals surface area contributed by atoms with E-state index in [9.17, 15) is 20.0 Å². The predicted molar refractivity (Wildman–Crippen MR) is 87.8 cm³/mol. The van der Waals surface area contributed by atoms with Gasteiger partial charge in [0.25, 0.3) is 5.69 Å². The van der Waals surface area contributed by atoms with Gasteiger partial charge >= 0.3 is 0 Å². The molecule has 0 atom stereocenters. The van der Waals surface area contributed by atoms with Crippen molar-refractivity contribution >= 4 is 28.9 Å². The molecule has 0 heterocycles. The van der Waals surface area contributed by atoms with Gasteiger partial charge < -0.3 is 10.4 Å². The summed E-state index contributed by atoms with van der Waals surface area (Å²) >= 11 is 5.80. The summed E-state index contributed by atoms with van der Waals surface area (Å²) < 4.78 is 0. The van der Waals surface area contributed by atoms with Gasteiger partial charge in [0, 0.05) is 23.6 Å². The highest BCUT2D eigenvalue weighted by molar-refractivity contribution is 6.30. The van der Waals surface area contributed by atoms with Crippen molar-refractivity contribution in [1.82, 2.24) is 0 Å². The number of nitro benzene ring substituents is 1. The second-order valence-electron chi connectivity index (χ2n) is 4.99. The minimum absolute atomic E-state index is 0.0377. The van der Waals surface area contributed by atoms with E-state index in [1.54, 1.807) is 12.1 Å². The van der Waals surface area contributed by atoms with Crippen molar-refractivity contribution in [3.8, 4) is 5.75 Å². The third-order valence-corrected chi connectivity index (χ3v) is 3.50. The molecule has 0 aliphatic rings. The molecule has 0 spiro atoms. The zero-order valence-corrected chi connectivity index (χ0v) is 12.9. The van der Waals surface area contributed by atoms with Crippen LogP contribution in [0.2, 0.25) is 5.02 Å². The molecule has 2 N–H and O–H groups in total. The van der Waals surface area contributed by atoms with Gasteiger partial charge in [0.05, 0.1) is 10.6 Å². The molecule has 0 unspecified atom stereocenters. The van der Waals surface area contributed by atoms with Crippen molar-refractivity contribution in [2.24, 2.45) is 0 Å². The Morgan fingerprint density at radius 2 is 1.91 bits per heavy atom. The molecule has 120 valence electrons. The number of hydrogen-bond acceptors (Lipinski definition) is 4. The van der Waals surface area contributed by atoms with Gasteiger partial charge in [-0.2, -0.15) is 0 Å². The van der Waals surface area contributed by atoms with E-state index in [-0.39, 0.29) is 29.5 Å². The van der Waals surface area contributed by atoms with Crippen LogP contribution in [0.4, 0.5) is 11.4 Å². The Hall–Kier alpha value is -2.60. The molecule has 0 aromatic heterocycles. The number of halogens is 1. The Morgan fingerprint density at radius 3 is 2.57 bits per heavy atom. The number of amides is 1. The lowest BCUT2D eigenvalue weighted by atomic mass is 10.1. The fourth-order valence-corrected chi connectivity index (χ4v) is 2.18. The molecule has 23 heavy (non-hydrogen) atoms. The zero-order chi connectivity index (χ0) is 16.8. The van der Waals surface area contributed by atoms with Crippen LogP contribution in [0, 0.1) is 10.1 Å². The second-order valence-corrected chi connectivity index (χ2v) is 5.42. The predicted octanol–water partition coefficient (Wildman–Crippen LogP) is 3.92. The van der Waals surface area contributed by atoms with E-state index in [0.29, 0.717) is 17.9 Å². The summed E-state index contributed by atoms with van der Waals surface area (Å²) in [4.78, 5) is 22.0. The number of nitrogens with one attached hydrogen (secondary N) is 1. The average molecular weight is 335 g/mol. The summed E-state index contributed by atoms with van der Waals surface area (Å²) in [6, 6.07) is 10.9. The van der Waals surface area contributed by atoms with E-state index in [0.717, 1.165) is 11.6 Å². The van der Waals surface area contributed by atoms with E-state index in [1.807, 2.05) is 12.1 Å². The van der Waals surface area contributed by atoms with E-state index >= 15 is 0 Å². The fourth-order valence-electron chi connectivity index (χ4n) is 2.05. The van der Waals surface area contributed by atoms with Crippen molar-refractivity contribution in [1.29, 1.82) is 0 Å². The maximum absolute atomic E-state index is 11.9. The fraction of sp³-hybridized carbons (Fsp3) is 0.188. The van der Waals surface area contributed by atoms with E-state index in [4.69, 9.17) is 11.6 Å². The molecular formula is C16H15ClN2O4. The number of rotatable bonds is 6. The van der Waals surface area contributed by atoms with Crippen molar-refractivity contribution < 1.29 is 14.8 Å². The van der Waals surface area contributed by atoms with Gasteiger partial charge in [-0.25, -0.2) is 0 Å². The number of phenolic OH excluding ortho intramolecular Hbond substituents is 1. The third-order valence-electron chi connectivity index (χ3n) is 3.25. The molecule has 0 radical (unpaired) electrons. The molecule has 0 bridgehead atoms. The molecule has 6 nitrogen and oxygen atoms in total. The largest absolute Gasteiger partial charge is 0.506 e. The van der Waals surface area contributed by atoms with Crippen LogP contribution in [0.5, 0.6) is 5.75 Å². The standard InChI is InChI=1S/C16H15ClN2O4/c17-12-6-4-11(5-7-12)2-1-3-16(21)18-14-10-13(19(22)23)8-9-15(14)20/h4-10,20H,1-3H2,(H,18,21). The molecule has 2 rings (SSSR count).